The van der Waals surface area contributed by atoms with E-state index in [1.54, 1.807) is 0 Å². The van der Waals surface area contributed by atoms with Crippen molar-refractivity contribution in [2.45, 2.75) is 59.3 Å². The number of rotatable bonds is 10. The third-order valence-electron chi connectivity index (χ3n) is 3.50. The number of nitrogens with one attached hydrogen (secondary N) is 3. The molecule has 0 saturated heterocycles. The second kappa shape index (κ2) is 12.2. The third-order valence-corrected chi connectivity index (χ3v) is 3.50. The van der Waals surface area contributed by atoms with Gasteiger partial charge in [0.2, 0.25) is 5.91 Å². The van der Waals surface area contributed by atoms with Gasteiger partial charge in [-0.25, -0.2) is 0 Å². The standard InChI is InChI=1S/C20H34N4O3/c1-6-21-20(22-12-11-19(26)24-14(2)3)23-13-18(25)16-7-9-17(10-8-16)27-15(4)5/h7-10,14-15,18,25H,6,11-13H2,1-5H3,(H,24,26)(H2,21,22,23). The Bertz CT molecular complexity index is 585. The fourth-order valence-corrected chi connectivity index (χ4v) is 2.35. The van der Waals surface area contributed by atoms with Gasteiger partial charge in [0.05, 0.1) is 18.8 Å². The summed E-state index contributed by atoms with van der Waals surface area (Å²) in [5, 5.41) is 19.4. The van der Waals surface area contributed by atoms with Gasteiger partial charge in [-0.05, 0) is 52.3 Å². The molecule has 0 fully saturated rings. The van der Waals surface area contributed by atoms with Crippen molar-refractivity contribution in [1.82, 2.24) is 16.0 Å². The van der Waals surface area contributed by atoms with Gasteiger partial charge in [-0.3, -0.25) is 9.79 Å². The molecule has 0 aliphatic rings. The van der Waals surface area contributed by atoms with Crippen molar-refractivity contribution in [3.8, 4) is 5.75 Å². The van der Waals surface area contributed by atoms with E-state index in [-0.39, 0.29) is 24.6 Å². The van der Waals surface area contributed by atoms with E-state index in [1.165, 1.54) is 0 Å². The molecule has 1 unspecified atom stereocenters. The van der Waals surface area contributed by atoms with E-state index in [9.17, 15) is 9.90 Å². The van der Waals surface area contributed by atoms with E-state index >= 15 is 0 Å². The summed E-state index contributed by atoms with van der Waals surface area (Å²) < 4.78 is 5.60. The van der Waals surface area contributed by atoms with E-state index in [4.69, 9.17) is 4.74 Å². The number of carbonyl (C=O) groups excluding carboxylic acids is 1. The Labute approximate surface area is 162 Å². The highest BCUT2D eigenvalue weighted by atomic mass is 16.5. The molecule has 0 aliphatic carbocycles. The van der Waals surface area contributed by atoms with Crippen LogP contribution in [-0.4, -0.2) is 48.8 Å². The lowest BCUT2D eigenvalue weighted by Gasteiger charge is -2.14. The number of carbonyl (C=O) groups is 1. The maximum Gasteiger partial charge on any atom is 0.221 e. The number of aliphatic hydroxyl groups excluding tert-OH is 1. The van der Waals surface area contributed by atoms with Crippen molar-refractivity contribution in [2.75, 3.05) is 19.6 Å². The second-order valence-corrected chi connectivity index (χ2v) is 6.87. The predicted octanol–water partition coefficient (Wildman–Crippen LogP) is 1.98. The van der Waals surface area contributed by atoms with Gasteiger partial charge < -0.3 is 25.8 Å². The molecule has 0 saturated carbocycles. The first-order chi connectivity index (χ1) is 12.8. The van der Waals surface area contributed by atoms with Crippen molar-refractivity contribution in [3.05, 3.63) is 29.8 Å². The highest BCUT2D eigenvalue weighted by Crippen LogP contribution is 2.19. The lowest BCUT2D eigenvalue weighted by molar-refractivity contribution is -0.121. The van der Waals surface area contributed by atoms with Crippen LogP contribution in [0.4, 0.5) is 0 Å². The molecule has 4 N–H and O–H groups in total. The minimum absolute atomic E-state index is 0.00269. The summed E-state index contributed by atoms with van der Waals surface area (Å²) in [6.45, 7) is 11.2. The van der Waals surface area contributed by atoms with Crippen LogP contribution in [0.15, 0.2) is 29.3 Å². The summed E-state index contributed by atoms with van der Waals surface area (Å²) in [6.07, 6.45) is -0.234. The van der Waals surface area contributed by atoms with Crippen LogP contribution in [0.25, 0.3) is 0 Å². The van der Waals surface area contributed by atoms with Crippen LogP contribution in [0.3, 0.4) is 0 Å². The molecule has 0 aliphatic heterocycles. The Morgan fingerprint density at radius 2 is 1.81 bits per heavy atom. The van der Waals surface area contributed by atoms with Gasteiger partial charge in [-0.1, -0.05) is 12.1 Å². The van der Waals surface area contributed by atoms with Gasteiger partial charge in [0.15, 0.2) is 5.96 Å². The number of aliphatic hydroxyl groups is 1. The summed E-state index contributed by atoms with van der Waals surface area (Å²) in [7, 11) is 0. The van der Waals surface area contributed by atoms with Crippen molar-refractivity contribution >= 4 is 11.9 Å². The van der Waals surface area contributed by atoms with Crippen LogP contribution in [0, 0.1) is 0 Å². The van der Waals surface area contributed by atoms with Crippen molar-refractivity contribution in [3.63, 3.8) is 0 Å². The van der Waals surface area contributed by atoms with Gasteiger partial charge in [-0.2, -0.15) is 0 Å². The van der Waals surface area contributed by atoms with Gasteiger partial charge in [0, 0.05) is 25.6 Å². The molecule has 1 aromatic carbocycles. The molecule has 152 valence electrons. The van der Waals surface area contributed by atoms with Gasteiger partial charge in [-0.15, -0.1) is 0 Å². The first-order valence-corrected chi connectivity index (χ1v) is 9.58. The monoisotopic (exact) mass is 378 g/mol. The molecular formula is C20H34N4O3. The third kappa shape index (κ3) is 9.84. The topological polar surface area (TPSA) is 95.0 Å². The number of amides is 1. The molecule has 27 heavy (non-hydrogen) atoms. The highest BCUT2D eigenvalue weighted by Gasteiger charge is 2.09. The maximum atomic E-state index is 11.7. The van der Waals surface area contributed by atoms with E-state index in [1.807, 2.05) is 58.9 Å². The summed E-state index contributed by atoms with van der Waals surface area (Å²) >= 11 is 0. The lowest BCUT2D eigenvalue weighted by atomic mass is 10.1. The Kier molecular flexibility index (Phi) is 10.3. The number of hydrogen-bond acceptors (Lipinski definition) is 4. The molecule has 0 spiro atoms. The van der Waals surface area contributed by atoms with Crippen molar-refractivity contribution in [2.24, 2.45) is 4.99 Å². The maximum absolute atomic E-state index is 11.7. The summed E-state index contributed by atoms with van der Waals surface area (Å²) in [4.78, 5) is 16.1. The van der Waals surface area contributed by atoms with Gasteiger partial charge in [0.1, 0.15) is 5.75 Å². The molecule has 1 aromatic rings. The average molecular weight is 379 g/mol. The minimum atomic E-state index is -0.710. The Hall–Kier alpha value is -2.28. The number of hydrogen-bond donors (Lipinski definition) is 4. The Morgan fingerprint density at radius 1 is 1.15 bits per heavy atom. The molecular weight excluding hydrogens is 344 g/mol. The minimum Gasteiger partial charge on any atom is -0.491 e. The zero-order valence-corrected chi connectivity index (χ0v) is 17.1. The van der Waals surface area contributed by atoms with Crippen LogP contribution < -0.4 is 20.7 Å². The van der Waals surface area contributed by atoms with E-state index < -0.39 is 6.10 Å². The fourth-order valence-electron chi connectivity index (χ4n) is 2.35. The molecule has 1 amide bonds. The summed E-state index contributed by atoms with van der Waals surface area (Å²) in [5.74, 6) is 1.35. The van der Waals surface area contributed by atoms with Gasteiger partial charge >= 0.3 is 0 Å². The zero-order chi connectivity index (χ0) is 20.2. The highest BCUT2D eigenvalue weighted by molar-refractivity contribution is 5.81. The van der Waals surface area contributed by atoms with Gasteiger partial charge in [0.25, 0.3) is 0 Å². The molecule has 0 bridgehead atoms. The largest absolute Gasteiger partial charge is 0.491 e. The van der Waals surface area contributed by atoms with Crippen molar-refractivity contribution in [1.29, 1.82) is 0 Å². The molecule has 0 heterocycles. The SMILES string of the molecule is CCNC(=NCC(O)c1ccc(OC(C)C)cc1)NCCC(=O)NC(C)C. The van der Waals surface area contributed by atoms with Crippen LogP contribution in [-0.2, 0) is 4.79 Å². The first kappa shape index (κ1) is 22.8. The zero-order valence-electron chi connectivity index (χ0n) is 17.1. The molecule has 1 atom stereocenters. The normalized spacial score (nSPS) is 12.8. The fraction of sp³-hybridized carbons (Fsp3) is 0.600. The number of nitrogens with zero attached hydrogens (tertiary/aromatic N) is 1. The molecule has 7 heteroatoms. The first-order valence-electron chi connectivity index (χ1n) is 9.58. The summed E-state index contributed by atoms with van der Waals surface area (Å²) in [6, 6.07) is 7.51. The van der Waals surface area contributed by atoms with Crippen LogP contribution in [0.5, 0.6) is 5.75 Å². The quantitative estimate of drug-likeness (QED) is 0.369. The predicted molar refractivity (Wildman–Crippen MR) is 109 cm³/mol. The molecule has 0 radical (unpaired) electrons. The molecule has 1 rings (SSSR count). The number of aliphatic imine (C=N–C) groups is 1. The number of guanidine groups is 1. The van der Waals surface area contributed by atoms with E-state index in [0.717, 1.165) is 11.3 Å². The van der Waals surface area contributed by atoms with Crippen LogP contribution in [0.1, 0.15) is 52.7 Å². The smallest absolute Gasteiger partial charge is 0.221 e. The lowest BCUT2D eigenvalue weighted by Crippen LogP contribution is -2.40. The average Bonchev–Trinajstić information content (AvgIpc) is 2.58. The summed E-state index contributed by atoms with van der Waals surface area (Å²) in [5.41, 5.74) is 0.780. The van der Waals surface area contributed by atoms with Crippen LogP contribution in [0.2, 0.25) is 0 Å². The molecule has 0 aromatic heterocycles. The number of ether oxygens (including phenoxy) is 1. The van der Waals surface area contributed by atoms with Crippen LogP contribution >= 0.6 is 0 Å². The van der Waals surface area contributed by atoms with E-state index in [0.29, 0.717) is 25.5 Å². The molecule has 7 nitrogen and oxygen atoms in total. The Morgan fingerprint density at radius 3 is 2.37 bits per heavy atom. The second-order valence-electron chi connectivity index (χ2n) is 6.87. The Balaban J connectivity index is 2.54. The van der Waals surface area contributed by atoms with E-state index in [2.05, 4.69) is 20.9 Å². The van der Waals surface area contributed by atoms with Crippen molar-refractivity contribution < 1.29 is 14.6 Å². The number of benzene rings is 1.